The van der Waals surface area contributed by atoms with Gasteiger partial charge in [-0.2, -0.15) is 0 Å². The molecule has 0 saturated heterocycles. The third kappa shape index (κ3) is 4.34. The molecule has 0 spiro atoms. The predicted octanol–water partition coefficient (Wildman–Crippen LogP) is 0.984. The Bertz CT molecular complexity index is 126. The SMILES string of the molecule is CCCCC(=O)N(CC)CCN. The van der Waals surface area contributed by atoms with Gasteiger partial charge in [0.05, 0.1) is 0 Å². The van der Waals surface area contributed by atoms with E-state index < -0.39 is 0 Å². The van der Waals surface area contributed by atoms with Gasteiger partial charge in [0.25, 0.3) is 0 Å². The Morgan fingerprint density at radius 1 is 1.42 bits per heavy atom. The normalized spacial score (nSPS) is 9.92. The summed E-state index contributed by atoms with van der Waals surface area (Å²) in [6.07, 6.45) is 2.73. The van der Waals surface area contributed by atoms with Gasteiger partial charge in [-0.05, 0) is 13.3 Å². The molecule has 0 aliphatic heterocycles. The van der Waals surface area contributed by atoms with Crippen molar-refractivity contribution in [1.29, 1.82) is 0 Å². The minimum Gasteiger partial charge on any atom is -0.342 e. The highest BCUT2D eigenvalue weighted by atomic mass is 16.2. The molecule has 0 aromatic heterocycles. The summed E-state index contributed by atoms with van der Waals surface area (Å²) in [7, 11) is 0. The Morgan fingerprint density at radius 2 is 2.08 bits per heavy atom. The number of hydrogen-bond acceptors (Lipinski definition) is 2. The molecule has 0 unspecified atom stereocenters. The fourth-order valence-electron chi connectivity index (χ4n) is 1.10. The van der Waals surface area contributed by atoms with E-state index in [0.29, 0.717) is 19.5 Å². The number of rotatable bonds is 6. The molecular formula is C9H20N2O. The summed E-state index contributed by atoms with van der Waals surface area (Å²) in [6.45, 7) is 6.11. The Morgan fingerprint density at radius 3 is 2.50 bits per heavy atom. The van der Waals surface area contributed by atoms with Gasteiger partial charge < -0.3 is 10.6 Å². The van der Waals surface area contributed by atoms with E-state index in [9.17, 15) is 4.79 Å². The lowest BCUT2D eigenvalue weighted by Gasteiger charge is -2.19. The van der Waals surface area contributed by atoms with Crippen LogP contribution in [0, 0.1) is 0 Å². The van der Waals surface area contributed by atoms with Crippen LogP contribution in [-0.2, 0) is 4.79 Å². The van der Waals surface area contributed by atoms with E-state index in [2.05, 4.69) is 6.92 Å². The van der Waals surface area contributed by atoms with Crippen LogP contribution in [0.25, 0.3) is 0 Å². The summed E-state index contributed by atoms with van der Waals surface area (Å²) in [4.78, 5) is 13.2. The number of nitrogens with two attached hydrogens (primary N) is 1. The fourth-order valence-corrected chi connectivity index (χ4v) is 1.10. The van der Waals surface area contributed by atoms with Gasteiger partial charge >= 0.3 is 0 Å². The maximum atomic E-state index is 11.4. The lowest BCUT2D eigenvalue weighted by Crippen LogP contribution is -2.34. The van der Waals surface area contributed by atoms with Crippen LogP contribution in [0.15, 0.2) is 0 Å². The average Bonchev–Trinajstić information content (AvgIpc) is 2.10. The van der Waals surface area contributed by atoms with Gasteiger partial charge in [0.15, 0.2) is 0 Å². The molecule has 0 aromatic carbocycles. The maximum absolute atomic E-state index is 11.4. The van der Waals surface area contributed by atoms with Crippen molar-refractivity contribution in [3.63, 3.8) is 0 Å². The summed E-state index contributed by atoms with van der Waals surface area (Å²) in [5, 5.41) is 0. The van der Waals surface area contributed by atoms with E-state index >= 15 is 0 Å². The van der Waals surface area contributed by atoms with Crippen LogP contribution in [0.5, 0.6) is 0 Å². The number of carbonyl (C=O) groups is 1. The standard InChI is InChI=1S/C9H20N2O/c1-3-5-6-9(12)11(4-2)8-7-10/h3-8,10H2,1-2H3. The minimum atomic E-state index is 0.241. The number of nitrogens with zero attached hydrogens (tertiary/aromatic N) is 1. The topological polar surface area (TPSA) is 46.3 Å². The number of amides is 1. The summed E-state index contributed by atoms with van der Waals surface area (Å²) in [5.41, 5.74) is 5.38. The first kappa shape index (κ1) is 11.4. The number of hydrogen-bond donors (Lipinski definition) is 1. The molecule has 0 aliphatic rings. The molecule has 0 aromatic rings. The molecule has 3 heteroatoms. The fraction of sp³-hybridized carbons (Fsp3) is 0.889. The molecule has 0 saturated carbocycles. The van der Waals surface area contributed by atoms with Crippen molar-refractivity contribution in [2.24, 2.45) is 5.73 Å². The van der Waals surface area contributed by atoms with Crippen LogP contribution in [0.1, 0.15) is 33.1 Å². The van der Waals surface area contributed by atoms with Crippen LogP contribution in [0.4, 0.5) is 0 Å². The molecular weight excluding hydrogens is 152 g/mol. The largest absolute Gasteiger partial charge is 0.342 e. The minimum absolute atomic E-state index is 0.241. The predicted molar refractivity (Wildman–Crippen MR) is 50.8 cm³/mol. The first-order valence-corrected chi connectivity index (χ1v) is 4.74. The average molecular weight is 172 g/mol. The Hall–Kier alpha value is -0.570. The Labute approximate surface area is 74.9 Å². The van der Waals surface area contributed by atoms with Crippen molar-refractivity contribution >= 4 is 5.91 Å². The molecule has 0 radical (unpaired) electrons. The van der Waals surface area contributed by atoms with Gasteiger partial charge in [0, 0.05) is 26.1 Å². The number of unbranched alkanes of at least 4 members (excludes halogenated alkanes) is 1. The molecule has 0 aliphatic carbocycles. The molecule has 0 rings (SSSR count). The lowest BCUT2D eigenvalue weighted by molar-refractivity contribution is -0.131. The summed E-state index contributed by atoms with van der Waals surface area (Å²) >= 11 is 0. The summed E-state index contributed by atoms with van der Waals surface area (Å²) in [5.74, 6) is 0.241. The molecule has 1 amide bonds. The zero-order valence-electron chi connectivity index (χ0n) is 8.18. The third-order valence-electron chi connectivity index (χ3n) is 1.88. The van der Waals surface area contributed by atoms with Gasteiger partial charge in [-0.1, -0.05) is 13.3 Å². The van der Waals surface area contributed by atoms with Gasteiger partial charge in [-0.15, -0.1) is 0 Å². The van der Waals surface area contributed by atoms with Crippen LogP contribution >= 0.6 is 0 Å². The second-order valence-electron chi connectivity index (χ2n) is 2.87. The van der Waals surface area contributed by atoms with Crippen molar-refractivity contribution in [2.75, 3.05) is 19.6 Å². The first-order chi connectivity index (χ1) is 5.76. The first-order valence-electron chi connectivity index (χ1n) is 4.74. The van der Waals surface area contributed by atoms with Gasteiger partial charge in [-0.3, -0.25) is 4.79 Å². The number of carbonyl (C=O) groups excluding carboxylic acids is 1. The van der Waals surface area contributed by atoms with Crippen molar-refractivity contribution < 1.29 is 4.79 Å². The van der Waals surface area contributed by atoms with Crippen LogP contribution in [-0.4, -0.2) is 30.4 Å². The maximum Gasteiger partial charge on any atom is 0.222 e. The van der Waals surface area contributed by atoms with Gasteiger partial charge in [-0.25, -0.2) is 0 Å². The zero-order valence-corrected chi connectivity index (χ0v) is 8.18. The van der Waals surface area contributed by atoms with Crippen molar-refractivity contribution in [3.8, 4) is 0 Å². The second kappa shape index (κ2) is 7.10. The number of likely N-dealkylation sites (N-methyl/N-ethyl adjacent to an activating group) is 1. The highest BCUT2D eigenvalue weighted by Crippen LogP contribution is 1.99. The molecule has 0 bridgehead atoms. The van der Waals surface area contributed by atoms with Crippen molar-refractivity contribution in [1.82, 2.24) is 4.90 Å². The van der Waals surface area contributed by atoms with E-state index in [-0.39, 0.29) is 5.91 Å². The van der Waals surface area contributed by atoms with E-state index in [1.807, 2.05) is 11.8 Å². The Balaban J connectivity index is 3.69. The van der Waals surface area contributed by atoms with E-state index in [4.69, 9.17) is 5.73 Å². The van der Waals surface area contributed by atoms with Crippen molar-refractivity contribution in [3.05, 3.63) is 0 Å². The van der Waals surface area contributed by atoms with Gasteiger partial charge in [0.1, 0.15) is 0 Å². The molecule has 12 heavy (non-hydrogen) atoms. The Kier molecular flexibility index (Phi) is 6.76. The highest BCUT2D eigenvalue weighted by Gasteiger charge is 2.08. The zero-order chi connectivity index (χ0) is 9.40. The van der Waals surface area contributed by atoms with E-state index in [1.54, 1.807) is 0 Å². The highest BCUT2D eigenvalue weighted by molar-refractivity contribution is 5.76. The molecule has 72 valence electrons. The van der Waals surface area contributed by atoms with Crippen LogP contribution in [0.2, 0.25) is 0 Å². The van der Waals surface area contributed by atoms with Crippen molar-refractivity contribution in [2.45, 2.75) is 33.1 Å². The van der Waals surface area contributed by atoms with E-state index in [0.717, 1.165) is 19.4 Å². The summed E-state index contributed by atoms with van der Waals surface area (Å²) < 4.78 is 0. The monoisotopic (exact) mass is 172 g/mol. The smallest absolute Gasteiger partial charge is 0.222 e. The van der Waals surface area contributed by atoms with Crippen LogP contribution < -0.4 is 5.73 Å². The second-order valence-corrected chi connectivity index (χ2v) is 2.87. The summed E-state index contributed by atoms with van der Waals surface area (Å²) in [6, 6.07) is 0. The van der Waals surface area contributed by atoms with Crippen LogP contribution in [0.3, 0.4) is 0 Å². The quantitative estimate of drug-likeness (QED) is 0.649. The molecule has 0 fully saturated rings. The van der Waals surface area contributed by atoms with E-state index in [1.165, 1.54) is 0 Å². The molecule has 0 heterocycles. The third-order valence-corrected chi connectivity index (χ3v) is 1.88. The molecule has 3 nitrogen and oxygen atoms in total. The lowest BCUT2D eigenvalue weighted by atomic mass is 10.2. The van der Waals surface area contributed by atoms with Gasteiger partial charge in [0.2, 0.25) is 5.91 Å². The molecule has 2 N–H and O–H groups in total. The molecule has 0 atom stereocenters.